The van der Waals surface area contributed by atoms with Crippen LogP contribution in [0.4, 0.5) is 0 Å². The van der Waals surface area contributed by atoms with E-state index in [2.05, 4.69) is 4.57 Å². The molecule has 7 nitrogen and oxygen atoms in total. The molecule has 0 bridgehead atoms. The zero-order valence-corrected chi connectivity index (χ0v) is 21.2. The van der Waals surface area contributed by atoms with Crippen LogP contribution in [0.25, 0.3) is 27.8 Å². The van der Waals surface area contributed by atoms with E-state index < -0.39 is 6.10 Å². The highest BCUT2D eigenvalue weighted by Crippen LogP contribution is 2.46. The SMILES string of the molecule is CCOc1ccc([C@H]2Oc3ccccc3-n3c(-c4ccc(C)cc4)c4c(=O)n(C)c(=O)n(C)c4c32)cc1. The maximum Gasteiger partial charge on any atom is 0.331 e. The second-order valence-corrected chi connectivity index (χ2v) is 9.33. The number of fused-ring (bicyclic) bond motifs is 5. The summed E-state index contributed by atoms with van der Waals surface area (Å²) in [5, 5.41) is 0.486. The maximum atomic E-state index is 13.7. The molecule has 0 unspecified atom stereocenters. The molecule has 1 aliphatic rings. The van der Waals surface area contributed by atoms with Crippen LogP contribution in [0.3, 0.4) is 0 Å². The van der Waals surface area contributed by atoms with Crippen LogP contribution in [0.2, 0.25) is 0 Å². The summed E-state index contributed by atoms with van der Waals surface area (Å²) >= 11 is 0. The van der Waals surface area contributed by atoms with Crippen molar-refractivity contribution in [2.45, 2.75) is 20.0 Å². The first-order valence-electron chi connectivity index (χ1n) is 12.3. The number of benzene rings is 3. The Morgan fingerprint density at radius 2 is 1.59 bits per heavy atom. The average molecular weight is 494 g/mol. The summed E-state index contributed by atoms with van der Waals surface area (Å²) in [4.78, 5) is 26.9. The van der Waals surface area contributed by atoms with Gasteiger partial charge >= 0.3 is 5.69 Å². The maximum absolute atomic E-state index is 13.7. The Kier molecular flexibility index (Phi) is 5.30. The molecule has 6 rings (SSSR count). The van der Waals surface area contributed by atoms with Crippen molar-refractivity contribution in [3.05, 3.63) is 110 Å². The van der Waals surface area contributed by atoms with Gasteiger partial charge in [-0.1, -0.05) is 54.1 Å². The van der Waals surface area contributed by atoms with Crippen LogP contribution in [0.15, 0.2) is 82.4 Å². The van der Waals surface area contributed by atoms with Gasteiger partial charge in [0, 0.05) is 14.1 Å². The van der Waals surface area contributed by atoms with Gasteiger partial charge in [0.25, 0.3) is 5.56 Å². The molecule has 0 radical (unpaired) electrons. The van der Waals surface area contributed by atoms with Crippen molar-refractivity contribution in [2.75, 3.05) is 6.61 Å². The number of aryl methyl sites for hydroxylation is 2. The Hall–Kier alpha value is -4.52. The highest BCUT2D eigenvalue weighted by molar-refractivity contribution is 5.98. The molecule has 0 saturated carbocycles. The number of hydrogen-bond donors (Lipinski definition) is 0. The average Bonchev–Trinajstić information content (AvgIpc) is 3.28. The third-order valence-electron chi connectivity index (χ3n) is 7.03. The van der Waals surface area contributed by atoms with Crippen molar-refractivity contribution >= 4 is 10.9 Å². The second kappa shape index (κ2) is 8.55. The van der Waals surface area contributed by atoms with Crippen molar-refractivity contribution in [2.24, 2.45) is 14.1 Å². The van der Waals surface area contributed by atoms with Gasteiger partial charge in [0.05, 0.1) is 34.6 Å². The smallest absolute Gasteiger partial charge is 0.331 e. The third-order valence-corrected chi connectivity index (χ3v) is 7.03. The van der Waals surface area contributed by atoms with Gasteiger partial charge in [-0.2, -0.15) is 0 Å². The fourth-order valence-corrected chi connectivity index (χ4v) is 5.23. The largest absolute Gasteiger partial charge is 0.494 e. The normalized spacial score (nSPS) is 14.2. The van der Waals surface area contributed by atoms with E-state index in [1.54, 1.807) is 11.6 Å². The molecule has 0 fully saturated rings. The predicted octanol–water partition coefficient (Wildman–Crippen LogP) is 4.88. The molecule has 7 heteroatoms. The lowest BCUT2D eigenvalue weighted by atomic mass is 10.0. The van der Waals surface area contributed by atoms with Gasteiger partial charge < -0.3 is 14.0 Å². The molecule has 0 N–H and O–H groups in total. The van der Waals surface area contributed by atoms with Gasteiger partial charge in [0.15, 0.2) is 6.10 Å². The molecule has 0 spiro atoms. The Morgan fingerprint density at radius 1 is 0.892 bits per heavy atom. The monoisotopic (exact) mass is 493 g/mol. The van der Waals surface area contributed by atoms with E-state index in [1.165, 1.54) is 11.6 Å². The summed E-state index contributed by atoms with van der Waals surface area (Å²) in [6, 6.07) is 23.7. The van der Waals surface area contributed by atoms with Crippen molar-refractivity contribution in [1.82, 2.24) is 13.7 Å². The summed E-state index contributed by atoms with van der Waals surface area (Å²) < 4.78 is 17.1. The first-order chi connectivity index (χ1) is 17.9. The molecule has 5 aromatic rings. The van der Waals surface area contributed by atoms with Gasteiger partial charge in [0.1, 0.15) is 11.5 Å². The Morgan fingerprint density at radius 3 is 2.30 bits per heavy atom. The summed E-state index contributed by atoms with van der Waals surface area (Å²) in [6.45, 7) is 4.55. The summed E-state index contributed by atoms with van der Waals surface area (Å²) in [6.07, 6.45) is -0.551. The minimum Gasteiger partial charge on any atom is -0.494 e. The number of nitrogens with zero attached hydrogens (tertiary/aromatic N) is 3. The highest BCUT2D eigenvalue weighted by Gasteiger charge is 2.36. The minimum absolute atomic E-state index is 0.335. The number of aromatic nitrogens is 3. The molecule has 37 heavy (non-hydrogen) atoms. The van der Waals surface area contributed by atoms with Crippen LogP contribution in [-0.4, -0.2) is 20.3 Å². The molecule has 186 valence electrons. The fourth-order valence-electron chi connectivity index (χ4n) is 5.23. The summed E-state index contributed by atoms with van der Waals surface area (Å²) in [5.41, 5.74) is 5.05. The number of para-hydroxylation sites is 2. The third kappa shape index (κ3) is 3.42. The molecule has 0 saturated heterocycles. The highest BCUT2D eigenvalue weighted by atomic mass is 16.5. The topological polar surface area (TPSA) is 67.4 Å². The van der Waals surface area contributed by atoms with Crippen molar-refractivity contribution in [1.29, 1.82) is 0 Å². The standard InChI is InChI=1S/C30H27N3O4/c1-5-36-21-16-14-20(15-17-21)28-27-26-24(29(34)32(4)30(35)31(26)3)25(19-12-10-18(2)11-13-19)33(27)22-8-6-7-9-23(22)37-28/h6-17,28H,5H2,1-4H3/t28-/m1/s1. The van der Waals surface area contributed by atoms with Crippen LogP contribution >= 0.6 is 0 Å². The van der Waals surface area contributed by atoms with Gasteiger partial charge in [-0.05, 0) is 49.2 Å². The second-order valence-electron chi connectivity index (χ2n) is 9.33. The van der Waals surface area contributed by atoms with Crippen molar-refractivity contribution in [3.63, 3.8) is 0 Å². The lowest BCUT2D eigenvalue weighted by Crippen LogP contribution is -2.37. The van der Waals surface area contributed by atoms with E-state index in [9.17, 15) is 9.59 Å². The first kappa shape index (κ1) is 22.9. The molecular formula is C30H27N3O4. The van der Waals surface area contributed by atoms with Crippen LogP contribution in [0, 0.1) is 6.92 Å². The molecule has 1 aliphatic heterocycles. The van der Waals surface area contributed by atoms with E-state index in [0.29, 0.717) is 23.3 Å². The first-order valence-corrected chi connectivity index (χ1v) is 12.3. The minimum atomic E-state index is -0.551. The lowest BCUT2D eigenvalue weighted by Gasteiger charge is -2.30. The number of ether oxygens (including phenoxy) is 2. The predicted molar refractivity (Wildman–Crippen MR) is 144 cm³/mol. The Balaban J connectivity index is 1.78. The van der Waals surface area contributed by atoms with Gasteiger partial charge in [-0.25, -0.2) is 4.79 Å². The molecule has 0 aliphatic carbocycles. The Labute approximate surface area is 213 Å². The fraction of sp³-hybridized carbons (Fsp3) is 0.200. The molecular weight excluding hydrogens is 466 g/mol. The van der Waals surface area contributed by atoms with E-state index in [1.807, 2.05) is 86.6 Å². The molecule has 2 aromatic heterocycles. The Bertz CT molecular complexity index is 1770. The number of hydrogen-bond acceptors (Lipinski definition) is 4. The van der Waals surface area contributed by atoms with E-state index in [-0.39, 0.29) is 11.2 Å². The summed E-state index contributed by atoms with van der Waals surface area (Å²) in [7, 11) is 3.23. The van der Waals surface area contributed by atoms with Crippen LogP contribution in [-0.2, 0) is 14.1 Å². The van der Waals surface area contributed by atoms with Gasteiger partial charge in [-0.15, -0.1) is 0 Å². The molecule has 3 heterocycles. The zero-order valence-electron chi connectivity index (χ0n) is 21.2. The summed E-state index contributed by atoms with van der Waals surface area (Å²) in [5.74, 6) is 1.47. The van der Waals surface area contributed by atoms with Gasteiger partial charge in [-0.3, -0.25) is 13.9 Å². The lowest BCUT2D eigenvalue weighted by molar-refractivity contribution is 0.229. The van der Waals surface area contributed by atoms with E-state index in [0.717, 1.165) is 39.5 Å². The van der Waals surface area contributed by atoms with Gasteiger partial charge in [0.2, 0.25) is 0 Å². The van der Waals surface area contributed by atoms with Crippen LogP contribution in [0.1, 0.15) is 29.8 Å². The van der Waals surface area contributed by atoms with Crippen molar-refractivity contribution < 1.29 is 9.47 Å². The zero-order chi connectivity index (χ0) is 25.8. The molecule has 0 amide bonds. The number of rotatable bonds is 4. The van der Waals surface area contributed by atoms with Crippen molar-refractivity contribution in [3.8, 4) is 28.4 Å². The van der Waals surface area contributed by atoms with Crippen LogP contribution in [0.5, 0.6) is 11.5 Å². The molecule has 1 atom stereocenters. The molecule has 3 aromatic carbocycles. The van der Waals surface area contributed by atoms with Crippen LogP contribution < -0.4 is 20.7 Å². The van der Waals surface area contributed by atoms with E-state index in [4.69, 9.17) is 9.47 Å². The van der Waals surface area contributed by atoms with E-state index >= 15 is 0 Å². The quantitative estimate of drug-likeness (QED) is 0.358.